The van der Waals surface area contributed by atoms with E-state index in [1.54, 1.807) is 12.3 Å². The number of hydrogen-bond acceptors (Lipinski definition) is 5. The summed E-state index contributed by atoms with van der Waals surface area (Å²) < 4.78 is 0. The Kier molecular flexibility index (Phi) is 2.34. The van der Waals surface area contributed by atoms with Crippen LogP contribution in [0.15, 0.2) is 17.1 Å². The number of nitrogens with one attached hydrogen (secondary N) is 2. The number of aromatic amines is 2. The van der Waals surface area contributed by atoms with Gasteiger partial charge in [-0.2, -0.15) is 5.10 Å². The van der Waals surface area contributed by atoms with Gasteiger partial charge in [-0.3, -0.25) is 14.9 Å². The van der Waals surface area contributed by atoms with Crippen LogP contribution in [0.4, 0.5) is 5.69 Å². The standard InChI is InChI=1S/C12H12N6O/c1-5-8(3-7(13)4-14-5)11-15-9-6(2)17-18-10(9)12(19)16-11/h3-4H,13H2,1-2H3,(H,17,18)(H,15,16,19). The number of hydrogen-bond donors (Lipinski definition) is 3. The molecule has 0 aromatic carbocycles. The van der Waals surface area contributed by atoms with E-state index in [0.29, 0.717) is 28.1 Å². The summed E-state index contributed by atoms with van der Waals surface area (Å²) in [6.07, 6.45) is 1.57. The van der Waals surface area contributed by atoms with Crippen LogP contribution in [0.5, 0.6) is 0 Å². The molecule has 0 spiro atoms. The minimum Gasteiger partial charge on any atom is -0.397 e. The summed E-state index contributed by atoms with van der Waals surface area (Å²) in [6, 6.07) is 1.74. The van der Waals surface area contributed by atoms with E-state index in [-0.39, 0.29) is 5.56 Å². The highest BCUT2D eigenvalue weighted by Crippen LogP contribution is 2.21. The summed E-state index contributed by atoms with van der Waals surface area (Å²) in [5.74, 6) is 0.444. The zero-order valence-corrected chi connectivity index (χ0v) is 10.5. The third kappa shape index (κ3) is 1.75. The monoisotopic (exact) mass is 256 g/mol. The molecule has 7 heteroatoms. The molecule has 0 amide bonds. The number of H-pyrrole nitrogens is 2. The van der Waals surface area contributed by atoms with Gasteiger partial charge in [0.1, 0.15) is 11.3 Å². The van der Waals surface area contributed by atoms with Crippen molar-refractivity contribution in [1.29, 1.82) is 0 Å². The third-order valence-corrected chi connectivity index (χ3v) is 2.95. The lowest BCUT2D eigenvalue weighted by Crippen LogP contribution is -2.10. The number of aromatic nitrogens is 5. The summed E-state index contributed by atoms with van der Waals surface area (Å²) >= 11 is 0. The van der Waals surface area contributed by atoms with E-state index in [0.717, 1.165) is 11.4 Å². The Morgan fingerprint density at radius 3 is 2.84 bits per heavy atom. The van der Waals surface area contributed by atoms with E-state index in [9.17, 15) is 4.79 Å². The van der Waals surface area contributed by atoms with Crippen LogP contribution in [0.2, 0.25) is 0 Å². The predicted molar refractivity (Wildman–Crippen MR) is 71.6 cm³/mol. The Bertz CT molecular complexity index is 832. The van der Waals surface area contributed by atoms with Crippen LogP contribution < -0.4 is 11.3 Å². The van der Waals surface area contributed by atoms with Gasteiger partial charge in [0.05, 0.1) is 17.6 Å². The molecule has 19 heavy (non-hydrogen) atoms. The molecule has 3 rings (SSSR count). The molecule has 0 fully saturated rings. The second-order valence-corrected chi connectivity index (χ2v) is 4.36. The normalized spacial score (nSPS) is 11.1. The van der Waals surface area contributed by atoms with Gasteiger partial charge >= 0.3 is 0 Å². The first-order chi connectivity index (χ1) is 9.06. The Morgan fingerprint density at radius 2 is 2.05 bits per heavy atom. The number of rotatable bonds is 1. The largest absolute Gasteiger partial charge is 0.397 e. The van der Waals surface area contributed by atoms with Gasteiger partial charge < -0.3 is 10.7 Å². The molecule has 3 heterocycles. The average molecular weight is 256 g/mol. The van der Waals surface area contributed by atoms with Crippen molar-refractivity contribution in [3.63, 3.8) is 0 Å². The van der Waals surface area contributed by atoms with Gasteiger partial charge in [-0.25, -0.2) is 4.98 Å². The van der Waals surface area contributed by atoms with Crippen molar-refractivity contribution in [2.75, 3.05) is 5.73 Å². The van der Waals surface area contributed by atoms with E-state index in [4.69, 9.17) is 5.73 Å². The Morgan fingerprint density at radius 1 is 1.26 bits per heavy atom. The highest BCUT2D eigenvalue weighted by molar-refractivity contribution is 5.78. The Hall–Kier alpha value is -2.70. The average Bonchev–Trinajstić information content (AvgIpc) is 2.75. The number of anilines is 1. The smallest absolute Gasteiger partial charge is 0.279 e. The molecule has 0 aliphatic heterocycles. The van der Waals surface area contributed by atoms with Crippen molar-refractivity contribution in [2.45, 2.75) is 13.8 Å². The van der Waals surface area contributed by atoms with Gasteiger partial charge in [0, 0.05) is 11.3 Å². The number of nitrogen functional groups attached to an aromatic ring is 1. The lowest BCUT2D eigenvalue weighted by atomic mass is 10.1. The van der Waals surface area contributed by atoms with Gasteiger partial charge in [-0.05, 0) is 19.9 Å². The molecule has 3 aromatic heterocycles. The molecular formula is C12H12N6O. The Labute approximate surface area is 107 Å². The maximum Gasteiger partial charge on any atom is 0.279 e. The molecular weight excluding hydrogens is 244 g/mol. The fourth-order valence-corrected chi connectivity index (χ4v) is 1.94. The first kappa shape index (κ1) is 11.4. The van der Waals surface area contributed by atoms with Crippen LogP contribution >= 0.6 is 0 Å². The van der Waals surface area contributed by atoms with Crippen molar-refractivity contribution in [1.82, 2.24) is 25.1 Å². The van der Waals surface area contributed by atoms with Gasteiger partial charge in [0.2, 0.25) is 0 Å². The van der Waals surface area contributed by atoms with Gasteiger partial charge in [-0.15, -0.1) is 0 Å². The minimum atomic E-state index is -0.286. The molecule has 0 saturated carbocycles. The first-order valence-corrected chi connectivity index (χ1v) is 5.74. The number of aryl methyl sites for hydroxylation is 2. The molecule has 7 nitrogen and oxygen atoms in total. The molecule has 0 aliphatic rings. The van der Waals surface area contributed by atoms with Crippen molar-refractivity contribution in [2.24, 2.45) is 0 Å². The fraction of sp³-hybridized carbons (Fsp3) is 0.167. The zero-order chi connectivity index (χ0) is 13.6. The lowest BCUT2D eigenvalue weighted by molar-refractivity contribution is 1.06. The maximum absolute atomic E-state index is 12.0. The van der Waals surface area contributed by atoms with E-state index >= 15 is 0 Å². The predicted octanol–water partition coefficient (Wildman–Crippen LogP) is 0.907. The molecule has 0 bridgehead atoms. The molecule has 4 N–H and O–H groups in total. The minimum absolute atomic E-state index is 0.286. The number of nitrogens with two attached hydrogens (primary N) is 1. The maximum atomic E-state index is 12.0. The summed E-state index contributed by atoms with van der Waals surface area (Å²) in [5.41, 5.74) is 9.02. The van der Waals surface area contributed by atoms with Crippen molar-refractivity contribution in [3.05, 3.63) is 34.0 Å². The van der Waals surface area contributed by atoms with Crippen molar-refractivity contribution in [3.8, 4) is 11.4 Å². The van der Waals surface area contributed by atoms with E-state index in [2.05, 4.69) is 25.1 Å². The molecule has 0 saturated heterocycles. The fourth-order valence-electron chi connectivity index (χ4n) is 1.94. The summed E-state index contributed by atoms with van der Waals surface area (Å²) in [4.78, 5) is 23.2. The summed E-state index contributed by atoms with van der Waals surface area (Å²) in [6.45, 7) is 3.65. The number of fused-ring (bicyclic) bond motifs is 1. The van der Waals surface area contributed by atoms with Crippen molar-refractivity contribution < 1.29 is 0 Å². The molecule has 0 unspecified atom stereocenters. The van der Waals surface area contributed by atoms with Gasteiger partial charge in [0.15, 0.2) is 5.52 Å². The quantitative estimate of drug-likeness (QED) is 0.598. The Balaban J connectivity index is 2.34. The molecule has 0 radical (unpaired) electrons. The van der Waals surface area contributed by atoms with Crippen LogP contribution in [-0.2, 0) is 0 Å². The topological polar surface area (TPSA) is 113 Å². The molecule has 0 aliphatic carbocycles. The SMILES string of the molecule is Cc1ncc(N)cc1-c1nc2c(C)[nH]nc2c(=O)[nH]1. The van der Waals surface area contributed by atoms with E-state index in [1.807, 2.05) is 13.8 Å². The second-order valence-electron chi connectivity index (χ2n) is 4.36. The second kappa shape index (κ2) is 3.91. The van der Waals surface area contributed by atoms with Crippen LogP contribution in [0, 0.1) is 13.8 Å². The summed E-state index contributed by atoms with van der Waals surface area (Å²) in [7, 11) is 0. The lowest BCUT2D eigenvalue weighted by Gasteiger charge is -2.05. The third-order valence-electron chi connectivity index (χ3n) is 2.95. The molecule has 0 atom stereocenters. The van der Waals surface area contributed by atoms with Gasteiger partial charge in [0.25, 0.3) is 5.56 Å². The van der Waals surface area contributed by atoms with Crippen molar-refractivity contribution >= 4 is 16.7 Å². The number of nitrogens with zero attached hydrogens (tertiary/aromatic N) is 3. The van der Waals surface area contributed by atoms with Crippen LogP contribution in [-0.4, -0.2) is 25.1 Å². The molecule has 3 aromatic rings. The highest BCUT2D eigenvalue weighted by atomic mass is 16.1. The first-order valence-electron chi connectivity index (χ1n) is 5.74. The highest BCUT2D eigenvalue weighted by Gasteiger charge is 2.12. The van der Waals surface area contributed by atoms with Crippen LogP contribution in [0.25, 0.3) is 22.4 Å². The van der Waals surface area contributed by atoms with Crippen LogP contribution in [0.3, 0.4) is 0 Å². The van der Waals surface area contributed by atoms with E-state index in [1.165, 1.54) is 0 Å². The zero-order valence-electron chi connectivity index (χ0n) is 10.5. The number of pyridine rings is 1. The van der Waals surface area contributed by atoms with Crippen LogP contribution in [0.1, 0.15) is 11.4 Å². The molecule has 96 valence electrons. The van der Waals surface area contributed by atoms with Gasteiger partial charge in [-0.1, -0.05) is 0 Å². The summed E-state index contributed by atoms with van der Waals surface area (Å²) in [5, 5.41) is 6.67. The van der Waals surface area contributed by atoms with E-state index < -0.39 is 0 Å².